The molecule has 2 aromatic heterocycles. The van der Waals surface area contributed by atoms with Crippen molar-refractivity contribution in [2.24, 2.45) is 17.4 Å². The van der Waals surface area contributed by atoms with Crippen LogP contribution in [0.1, 0.15) is 77.3 Å². The zero-order chi connectivity index (χ0) is 51.0. The lowest BCUT2D eigenvalue weighted by molar-refractivity contribution is -0.134. The highest BCUT2D eigenvalue weighted by Gasteiger charge is 2.13. The fourth-order valence-electron chi connectivity index (χ4n) is 5.28. The summed E-state index contributed by atoms with van der Waals surface area (Å²) in [6, 6.07) is 12.0. The first-order valence-electron chi connectivity index (χ1n) is 21.5. The first-order valence-corrected chi connectivity index (χ1v) is 23.1. The number of likely N-dealkylation sites (N-methyl/N-ethyl adjacent to an activating group) is 1. The summed E-state index contributed by atoms with van der Waals surface area (Å²) in [6.07, 6.45) is 8.56. The third-order valence-electron chi connectivity index (χ3n) is 8.74. The number of nitrogens with two attached hydrogens (primary N) is 2. The Bertz CT molecular complexity index is 2030. The number of primary amides is 2. The van der Waals surface area contributed by atoms with Gasteiger partial charge in [-0.15, -0.1) is 11.3 Å². The van der Waals surface area contributed by atoms with Crippen LogP contribution in [0.2, 0.25) is 0 Å². The van der Waals surface area contributed by atoms with Gasteiger partial charge < -0.3 is 48.1 Å². The Labute approximate surface area is 401 Å². The smallest absolute Gasteiger partial charge is 0.290 e. The van der Waals surface area contributed by atoms with E-state index in [1.807, 2.05) is 45.2 Å². The molecule has 1 unspecified atom stereocenters. The van der Waals surface area contributed by atoms with Gasteiger partial charge >= 0.3 is 0 Å². The molecule has 1 atom stereocenters. The number of aromatic nitrogens is 2. The molecule has 0 fully saturated rings. The van der Waals surface area contributed by atoms with Crippen molar-refractivity contribution < 1.29 is 43.5 Å². The van der Waals surface area contributed by atoms with Gasteiger partial charge in [-0.1, -0.05) is 56.7 Å². The SMILES string of the molecule is C/C=C\C(=O)N(C=O)CCCCCC(=O)NC(C)C(C)C.CCCNC.Cc1nc2c(ccc3nc(NCCN(C)Cc4ccc(NC(=O)CNC=O)cc4)sc32)s1.NC=O.NC=O.O=CO. The van der Waals surface area contributed by atoms with Crippen LogP contribution in [0.25, 0.3) is 20.4 Å². The lowest BCUT2D eigenvalue weighted by atomic mass is 10.1. The minimum Gasteiger partial charge on any atom is -0.483 e. The Morgan fingerprint density at radius 2 is 1.52 bits per heavy atom. The Kier molecular flexibility index (Phi) is 37.4. The van der Waals surface area contributed by atoms with Gasteiger partial charge in [0.1, 0.15) is 5.52 Å². The maximum Gasteiger partial charge on any atom is 0.290 e. The maximum absolute atomic E-state index is 11.7. The van der Waals surface area contributed by atoms with E-state index in [9.17, 15) is 24.0 Å². The second-order valence-corrected chi connectivity index (χ2v) is 16.7. The van der Waals surface area contributed by atoms with Crippen LogP contribution in [0.4, 0.5) is 10.8 Å². The molecule has 372 valence electrons. The number of nitrogens with zero attached hydrogens (tertiary/aromatic N) is 4. The number of allylic oxidation sites excluding steroid dienone is 1. The van der Waals surface area contributed by atoms with E-state index in [0.717, 1.165) is 81.8 Å². The van der Waals surface area contributed by atoms with E-state index in [1.54, 1.807) is 35.7 Å². The normalized spacial score (nSPS) is 10.4. The van der Waals surface area contributed by atoms with Crippen LogP contribution in [-0.4, -0.2) is 128 Å². The molecular formula is C45H71N11O9S2. The molecule has 0 bridgehead atoms. The average molecular weight is 974 g/mol. The number of carboxylic acid groups (broad SMARTS) is 1. The summed E-state index contributed by atoms with van der Waals surface area (Å²) in [6.45, 7) is 15.7. The molecule has 0 radical (unpaired) electrons. The zero-order valence-corrected chi connectivity index (χ0v) is 41.5. The second kappa shape index (κ2) is 40.0. The number of fused-ring (bicyclic) bond motifs is 3. The lowest BCUT2D eigenvalue weighted by Crippen LogP contribution is -2.35. The van der Waals surface area contributed by atoms with E-state index in [-0.39, 0.29) is 49.6 Å². The number of unbranched alkanes of at least 4 members (excludes halogenated alkanes) is 2. The van der Waals surface area contributed by atoms with Gasteiger partial charge in [-0.05, 0) is 102 Å². The third kappa shape index (κ3) is 29.7. The standard InChI is InChI=1S/C22H24N6O2S2.C16H28N2O3.C4H11N.2CH3NO.CH2O2/c1-14-25-20-18(31-14)8-7-17-21(20)32-22(27-17)24-9-10-28(2)12-15-3-5-16(6-4-15)26-19(30)11-23-13-29;1-5-9-16(21)18(12-19)11-8-6-7-10-15(20)17-14(4)13(2)3;1-3-4-5-2;3*2-1-3/h3-8,13H,9-12H2,1-2H3,(H,23,29)(H,24,27)(H,26,30);5,9,12-14H,6-8,10-11H2,1-4H3,(H,17,20);5H,3-4H2,1-2H3;2*1H,(H2,2,3);1H,(H,2,3)/b;9-5-;;;;. The number of rotatable bonds is 22. The minimum absolute atomic E-state index is 0.0378. The fourth-order valence-corrected chi connectivity index (χ4v) is 7.16. The van der Waals surface area contributed by atoms with Crippen LogP contribution in [0.3, 0.4) is 0 Å². The molecule has 67 heavy (non-hydrogen) atoms. The number of anilines is 2. The lowest BCUT2D eigenvalue weighted by Gasteiger charge is -2.17. The van der Waals surface area contributed by atoms with Crippen molar-refractivity contribution in [2.75, 3.05) is 57.5 Å². The number of benzene rings is 2. The predicted octanol–water partition coefficient (Wildman–Crippen LogP) is 4.23. The number of hydrogen-bond acceptors (Lipinski definition) is 15. The summed E-state index contributed by atoms with van der Waals surface area (Å²) in [5, 5.41) is 23.4. The quantitative estimate of drug-likeness (QED) is 0.0311. The van der Waals surface area contributed by atoms with Crippen LogP contribution < -0.4 is 38.1 Å². The molecule has 20 nitrogen and oxygen atoms in total. The van der Waals surface area contributed by atoms with E-state index in [2.05, 4.69) is 87.9 Å². The van der Waals surface area contributed by atoms with Crippen molar-refractivity contribution >= 4 is 104 Å². The van der Waals surface area contributed by atoms with Crippen molar-refractivity contribution in [1.29, 1.82) is 0 Å². The molecule has 0 spiro atoms. The molecule has 7 amide bonds. The number of carbonyl (C=O) groups excluding carboxylic acids is 7. The van der Waals surface area contributed by atoms with Crippen molar-refractivity contribution in [3.05, 3.63) is 59.1 Å². The first-order chi connectivity index (χ1) is 32.1. The Morgan fingerprint density at radius 1 is 0.881 bits per heavy atom. The molecule has 4 aromatic rings. The van der Waals surface area contributed by atoms with Gasteiger partial charge in [-0.3, -0.25) is 43.3 Å². The summed E-state index contributed by atoms with van der Waals surface area (Å²) in [5.74, 6) is -0.0642. The Hall–Kier alpha value is -6.36. The highest BCUT2D eigenvalue weighted by atomic mass is 32.1. The van der Waals surface area contributed by atoms with Crippen LogP contribution in [0.15, 0.2) is 48.6 Å². The molecule has 4 rings (SSSR count). The number of amides is 7. The summed E-state index contributed by atoms with van der Waals surface area (Å²) in [4.78, 5) is 94.1. The van der Waals surface area contributed by atoms with Crippen LogP contribution >= 0.6 is 22.7 Å². The van der Waals surface area contributed by atoms with Gasteiger partial charge in [-0.2, -0.15) is 0 Å². The molecule has 10 N–H and O–H groups in total. The summed E-state index contributed by atoms with van der Waals surface area (Å²) < 4.78 is 2.34. The van der Waals surface area contributed by atoms with Crippen molar-refractivity contribution in [1.82, 2.24) is 35.7 Å². The number of thiazole rings is 2. The molecule has 0 aliphatic heterocycles. The molecular weight excluding hydrogens is 903 g/mol. The van der Waals surface area contributed by atoms with Crippen LogP contribution in [-0.2, 0) is 44.9 Å². The van der Waals surface area contributed by atoms with E-state index >= 15 is 0 Å². The topological polar surface area (TPSA) is 301 Å². The zero-order valence-electron chi connectivity index (χ0n) is 39.9. The van der Waals surface area contributed by atoms with Gasteiger partial charge in [0.2, 0.25) is 37.5 Å². The largest absolute Gasteiger partial charge is 0.483 e. The summed E-state index contributed by atoms with van der Waals surface area (Å²) in [5.41, 5.74) is 12.2. The Balaban J connectivity index is 0. The van der Waals surface area contributed by atoms with Crippen LogP contribution in [0, 0.1) is 12.8 Å². The van der Waals surface area contributed by atoms with E-state index in [4.69, 9.17) is 24.5 Å². The molecule has 0 saturated heterocycles. The molecule has 2 aromatic carbocycles. The van der Waals surface area contributed by atoms with Gasteiger partial charge in [0.05, 0.1) is 26.5 Å². The van der Waals surface area contributed by atoms with Crippen LogP contribution in [0.5, 0.6) is 0 Å². The summed E-state index contributed by atoms with van der Waals surface area (Å²) >= 11 is 3.36. The monoisotopic (exact) mass is 973 g/mol. The number of nitrogens with one attached hydrogen (secondary N) is 5. The van der Waals surface area contributed by atoms with Gasteiger partial charge in [0.25, 0.3) is 12.4 Å². The highest BCUT2D eigenvalue weighted by molar-refractivity contribution is 7.24. The molecule has 0 saturated carbocycles. The highest BCUT2D eigenvalue weighted by Crippen LogP contribution is 2.34. The molecule has 0 aliphatic rings. The molecule has 22 heteroatoms. The number of imide groups is 1. The fraction of sp³-hybridized carbons (Fsp3) is 0.467. The molecule has 0 aliphatic carbocycles. The van der Waals surface area contributed by atoms with Crippen molar-refractivity contribution in [3.63, 3.8) is 0 Å². The van der Waals surface area contributed by atoms with E-state index in [1.165, 1.54) is 17.2 Å². The first kappa shape index (κ1) is 62.7. The minimum atomic E-state index is -0.295. The van der Waals surface area contributed by atoms with Crippen molar-refractivity contribution in [2.45, 2.75) is 86.2 Å². The number of carbonyl (C=O) groups is 8. The van der Waals surface area contributed by atoms with Gasteiger partial charge in [0, 0.05) is 44.3 Å². The van der Waals surface area contributed by atoms with Crippen molar-refractivity contribution in [3.8, 4) is 0 Å². The maximum atomic E-state index is 11.7. The number of hydrogen-bond donors (Lipinski definition) is 8. The van der Waals surface area contributed by atoms with Gasteiger partial charge in [0.15, 0.2) is 5.13 Å². The summed E-state index contributed by atoms with van der Waals surface area (Å²) in [7, 11) is 4.03. The number of aryl methyl sites for hydroxylation is 1. The van der Waals surface area contributed by atoms with Gasteiger partial charge in [-0.25, -0.2) is 9.97 Å². The average Bonchev–Trinajstić information content (AvgIpc) is 3.89. The molecule has 2 heterocycles. The van der Waals surface area contributed by atoms with E-state index in [0.29, 0.717) is 37.4 Å². The van der Waals surface area contributed by atoms with E-state index < -0.39 is 0 Å². The second-order valence-electron chi connectivity index (χ2n) is 14.4. The predicted molar refractivity (Wildman–Crippen MR) is 268 cm³/mol. The third-order valence-corrected chi connectivity index (χ3v) is 10.7. The Morgan fingerprint density at radius 3 is 2.06 bits per heavy atom.